The van der Waals surface area contributed by atoms with Crippen molar-refractivity contribution in [1.29, 1.82) is 0 Å². The largest absolute Gasteiger partial charge is 0.327 e. The van der Waals surface area contributed by atoms with Crippen molar-refractivity contribution in [3.05, 3.63) is 41.0 Å². The van der Waals surface area contributed by atoms with Crippen LogP contribution in [0.1, 0.15) is 36.0 Å². The summed E-state index contributed by atoms with van der Waals surface area (Å²) in [5, 5.41) is 0. The first-order valence-electron chi connectivity index (χ1n) is 5.80. The van der Waals surface area contributed by atoms with E-state index in [1.54, 1.807) is 0 Å². The summed E-state index contributed by atoms with van der Waals surface area (Å²) in [6.07, 6.45) is 7.19. The minimum absolute atomic E-state index is 0.655. The monoisotopic (exact) mass is 201 g/mol. The van der Waals surface area contributed by atoms with Crippen LogP contribution in [0.15, 0.2) is 24.3 Å². The van der Waals surface area contributed by atoms with Gasteiger partial charge in [0.25, 0.3) is 0 Å². The molecule has 0 aromatic heterocycles. The van der Waals surface area contributed by atoms with E-state index in [2.05, 4.69) is 31.2 Å². The molecule has 0 saturated carbocycles. The Labute approximate surface area is 92.0 Å². The molecule has 0 atom stereocenters. The molecule has 15 heavy (non-hydrogen) atoms. The third-order valence-corrected chi connectivity index (χ3v) is 3.12. The van der Waals surface area contributed by atoms with Crippen LogP contribution in [0.3, 0.4) is 0 Å². The summed E-state index contributed by atoms with van der Waals surface area (Å²) in [7, 11) is 0. The lowest BCUT2D eigenvalue weighted by Gasteiger charge is -2.09. The van der Waals surface area contributed by atoms with Crippen LogP contribution < -0.4 is 5.73 Å². The van der Waals surface area contributed by atoms with E-state index in [0.29, 0.717) is 6.54 Å². The molecule has 0 saturated heterocycles. The Hall–Kier alpha value is -1.08. The van der Waals surface area contributed by atoms with Gasteiger partial charge in [0, 0.05) is 6.54 Å². The van der Waals surface area contributed by atoms with E-state index >= 15 is 0 Å². The molecule has 80 valence electrons. The molecular formula is C14H19N. The molecule has 1 nitrogen and oxygen atoms in total. The van der Waals surface area contributed by atoms with E-state index in [-0.39, 0.29) is 0 Å². The van der Waals surface area contributed by atoms with Crippen LogP contribution >= 0.6 is 0 Å². The fourth-order valence-corrected chi connectivity index (χ4v) is 2.33. The lowest BCUT2D eigenvalue weighted by atomic mass is 9.96. The van der Waals surface area contributed by atoms with Crippen molar-refractivity contribution in [1.82, 2.24) is 0 Å². The first-order valence-corrected chi connectivity index (χ1v) is 5.80. The van der Waals surface area contributed by atoms with Gasteiger partial charge in [0.1, 0.15) is 0 Å². The number of fused-ring (bicyclic) bond motifs is 1. The van der Waals surface area contributed by atoms with Crippen LogP contribution in [-0.2, 0) is 6.42 Å². The number of allylic oxidation sites excluding steroid dienone is 1. The molecule has 0 spiro atoms. The number of hydrogen-bond donors (Lipinski definition) is 1. The van der Waals surface area contributed by atoms with Gasteiger partial charge in [-0.15, -0.1) is 0 Å². The molecule has 0 radical (unpaired) electrons. The Morgan fingerprint density at radius 3 is 2.87 bits per heavy atom. The molecule has 1 aliphatic carbocycles. The highest BCUT2D eigenvalue weighted by Crippen LogP contribution is 2.29. The summed E-state index contributed by atoms with van der Waals surface area (Å²) >= 11 is 0. The second-order valence-electron chi connectivity index (χ2n) is 4.33. The zero-order valence-electron chi connectivity index (χ0n) is 9.42. The summed E-state index contributed by atoms with van der Waals surface area (Å²) in [4.78, 5) is 0. The van der Waals surface area contributed by atoms with Crippen LogP contribution in [0.2, 0.25) is 0 Å². The van der Waals surface area contributed by atoms with Crippen LogP contribution in [0, 0.1) is 6.92 Å². The Bertz CT molecular complexity index is 377. The van der Waals surface area contributed by atoms with E-state index in [1.165, 1.54) is 47.9 Å². The highest BCUT2D eigenvalue weighted by atomic mass is 14.5. The molecule has 0 aliphatic heterocycles. The maximum atomic E-state index is 5.63. The average molecular weight is 201 g/mol. The summed E-state index contributed by atoms with van der Waals surface area (Å²) < 4.78 is 0. The van der Waals surface area contributed by atoms with Crippen LogP contribution in [0.5, 0.6) is 0 Å². The summed E-state index contributed by atoms with van der Waals surface area (Å²) in [5.74, 6) is 0. The Morgan fingerprint density at radius 2 is 2.07 bits per heavy atom. The number of hydrogen-bond acceptors (Lipinski definition) is 1. The second-order valence-corrected chi connectivity index (χ2v) is 4.33. The van der Waals surface area contributed by atoms with E-state index in [1.807, 2.05) is 0 Å². The van der Waals surface area contributed by atoms with Crippen molar-refractivity contribution in [2.45, 2.75) is 32.6 Å². The maximum Gasteiger partial charge on any atom is 0.0112 e. The number of aryl methyl sites for hydroxylation is 2. The molecule has 0 bridgehead atoms. The molecule has 0 amide bonds. The third-order valence-electron chi connectivity index (χ3n) is 3.12. The van der Waals surface area contributed by atoms with Crippen LogP contribution in [-0.4, -0.2) is 6.54 Å². The van der Waals surface area contributed by atoms with Crippen molar-refractivity contribution < 1.29 is 0 Å². The van der Waals surface area contributed by atoms with Gasteiger partial charge in [-0.2, -0.15) is 0 Å². The van der Waals surface area contributed by atoms with Gasteiger partial charge in [-0.25, -0.2) is 0 Å². The van der Waals surface area contributed by atoms with E-state index in [4.69, 9.17) is 5.73 Å². The summed E-state index contributed by atoms with van der Waals surface area (Å²) in [5.41, 5.74) is 11.4. The zero-order chi connectivity index (χ0) is 10.7. The van der Waals surface area contributed by atoms with Crippen molar-refractivity contribution >= 4 is 5.57 Å². The second kappa shape index (κ2) is 4.63. The maximum absolute atomic E-state index is 5.63. The van der Waals surface area contributed by atoms with Crippen molar-refractivity contribution in [3.8, 4) is 0 Å². The van der Waals surface area contributed by atoms with Gasteiger partial charge in [-0.3, -0.25) is 0 Å². The minimum Gasteiger partial charge on any atom is -0.327 e. The fourth-order valence-electron chi connectivity index (χ4n) is 2.33. The fraction of sp³-hybridized carbons (Fsp3) is 0.429. The van der Waals surface area contributed by atoms with Crippen LogP contribution in [0.25, 0.3) is 5.57 Å². The smallest absolute Gasteiger partial charge is 0.0112 e. The van der Waals surface area contributed by atoms with Gasteiger partial charge in [-0.05, 0) is 49.3 Å². The van der Waals surface area contributed by atoms with Gasteiger partial charge in [0.05, 0.1) is 0 Å². The van der Waals surface area contributed by atoms with E-state index in [9.17, 15) is 0 Å². The zero-order valence-corrected chi connectivity index (χ0v) is 9.42. The first kappa shape index (κ1) is 10.4. The van der Waals surface area contributed by atoms with Gasteiger partial charge in [0.2, 0.25) is 0 Å². The molecule has 2 N–H and O–H groups in total. The van der Waals surface area contributed by atoms with Crippen LogP contribution in [0.4, 0.5) is 0 Å². The SMILES string of the molecule is Cc1ccc2c(c1)/C(=C/CN)CCCC2. The molecule has 2 rings (SSSR count). The molecule has 0 unspecified atom stereocenters. The third kappa shape index (κ3) is 2.29. The highest BCUT2D eigenvalue weighted by Gasteiger charge is 2.11. The van der Waals surface area contributed by atoms with Gasteiger partial charge in [-0.1, -0.05) is 29.8 Å². The normalized spacial score (nSPS) is 18.7. The van der Waals surface area contributed by atoms with Crippen molar-refractivity contribution in [3.63, 3.8) is 0 Å². The highest BCUT2D eigenvalue weighted by molar-refractivity contribution is 5.69. The quantitative estimate of drug-likeness (QED) is 0.694. The van der Waals surface area contributed by atoms with Crippen molar-refractivity contribution in [2.24, 2.45) is 5.73 Å². The van der Waals surface area contributed by atoms with Gasteiger partial charge >= 0.3 is 0 Å². The minimum atomic E-state index is 0.655. The number of benzene rings is 1. The molecule has 1 heteroatoms. The topological polar surface area (TPSA) is 26.0 Å². The lowest BCUT2D eigenvalue weighted by Crippen LogP contribution is -1.97. The Balaban J connectivity index is 2.47. The summed E-state index contributed by atoms with van der Waals surface area (Å²) in [6, 6.07) is 6.80. The standard InChI is InChI=1S/C14H19N/c1-11-6-7-12-4-2-3-5-13(8-9-15)14(12)10-11/h6-8,10H,2-5,9,15H2,1H3/b13-8+. The molecule has 0 heterocycles. The summed E-state index contributed by atoms with van der Waals surface area (Å²) in [6.45, 7) is 2.81. The average Bonchev–Trinajstić information content (AvgIpc) is 2.42. The van der Waals surface area contributed by atoms with E-state index < -0.39 is 0 Å². The molecule has 1 aromatic carbocycles. The predicted octanol–water partition coefficient (Wildman–Crippen LogP) is 3.06. The Kier molecular flexibility index (Phi) is 3.22. The predicted molar refractivity (Wildman–Crippen MR) is 65.8 cm³/mol. The van der Waals surface area contributed by atoms with Crippen molar-refractivity contribution in [2.75, 3.05) is 6.54 Å². The lowest BCUT2D eigenvalue weighted by molar-refractivity contribution is 0.771. The molecule has 1 aliphatic rings. The van der Waals surface area contributed by atoms with E-state index in [0.717, 1.165) is 0 Å². The van der Waals surface area contributed by atoms with Gasteiger partial charge < -0.3 is 5.73 Å². The molecular weight excluding hydrogens is 182 g/mol. The molecule has 0 fully saturated rings. The number of nitrogens with two attached hydrogens (primary N) is 1. The first-order chi connectivity index (χ1) is 7.31. The Morgan fingerprint density at radius 1 is 1.27 bits per heavy atom. The van der Waals surface area contributed by atoms with Gasteiger partial charge in [0.15, 0.2) is 0 Å². The number of rotatable bonds is 1. The molecule has 1 aromatic rings.